The molecule has 3 rings (SSSR count). The van der Waals surface area contributed by atoms with E-state index < -0.39 is 18.3 Å². The van der Waals surface area contributed by atoms with E-state index in [9.17, 15) is 9.59 Å². The van der Waals surface area contributed by atoms with Crippen molar-refractivity contribution in [1.29, 1.82) is 0 Å². The number of rotatable bonds is 8. The molecule has 1 aliphatic heterocycles. The van der Waals surface area contributed by atoms with Gasteiger partial charge in [-0.3, -0.25) is 9.59 Å². The van der Waals surface area contributed by atoms with Crippen LogP contribution in [-0.4, -0.2) is 43.9 Å². The third-order valence-electron chi connectivity index (χ3n) is 6.65. The van der Waals surface area contributed by atoms with Gasteiger partial charge in [-0.25, -0.2) is 0 Å². The topological polar surface area (TPSA) is 65.1 Å². The third kappa shape index (κ3) is 5.48. The second kappa shape index (κ2) is 10.5. The average molecular weight is 486 g/mol. The smallest absolute Gasteiger partial charge is 0.469 e. The van der Waals surface area contributed by atoms with Crippen LogP contribution in [0.5, 0.6) is 0 Å². The van der Waals surface area contributed by atoms with Crippen molar-refractivity contribution >= 4 is 41.7 Å². The van der Waals surface area contributed by atoms with Gasteiger partial charge in [0.1, 0.15) is 0 Å². The summed E-state index contributed by atoms with van der Waals surface area (Å²) in [7, 11) is 0.725. The fourth-order valence-electron chi connectivity index (χ4n) is 3.92. The van der Waals surface area contributed by atoms with Crippen LogP contribution in [0.4, 0.5) is 5.69 Å². The minimum absolute atomic E-state index is 0.141. The van der Waals surface area contributed by atoms with Gasteiger partial charge in [0.15, 0.2) is 0 Å². The maximum absolute atomic E-state index is 13.6. The summed E-state index contributed by atoms with van der Waals surface area (Å²) in [5, 5.41) is 0.487. The lowest BCUT2D eigenvalue weighted by molar-refractivity contribution is -0.140. The Morgan fingerprint density at radius 2 is 1.71 bits per heavy atom. The Labute approximate surface area is 207 Å². The predicted octanol–water partition coefficient (Wildman–Crippen LogP) is 4.80. The van der Waals surface area contributed by atoms with E-state index in [2.05, 4.69) is 0 Å². The van der Waals surface area contributed by atoms with Crippen molar-refractivity contribution in [3.8, 4) is 0 Å². The fraction of sp³-hybridized carbons (Fsp3) is 0.462. The second-order valence-electron chi connectivity index (χ2n) is 9.43. The monoisotopic (exact) mass is 485 g/mol. The zero-order chi connectivity index (χ0) is 25.1. The summed E-state index contributed by atoms with van der Waals surface area (Å²) in [6.45, 7) is 10.3. The molecule has 0 aromatic heterocycles. The SMILES string of the molecule is CCN(C(=O)c1ccc(Cl)c(B2OC(C)(C)C(C)(C)O2)c1)c1ccccc1CCCC(=O)OC. The van der Waals surface area contributed by atoms with Crippen LogP contribution in [-0.2, 0) is 25.3 Å². The molecule has 6 nitrogen and oxygen atoms in total. The zero-order valence-corrected chi connectivity index (χ0v) is 21.6. The molecule has 1 fully saturated rings. The molecule has 0 atom stereocenters. The zero-order valence-electron chi connectivity index (χ0n) is 20.8. The van der Waals surface area contributed by atoms with E-state index in [4.69, 9.17) is 25.6 Å². The summed E-state index contributed by atoms with van der Waals surface area (Å²) < 4.78 is 17.1. The number of ether oxygens (including phenoxy) is 1. The van der Waals surface area contributed by atoms with Crippen LogP contribution < -0.4 is 10.4 Å². The highest BCUT2D eigenvalue weighted by molar-refractivity contribution is 6.65. The Bertz CT molecular complexity index is 1040. The lowest BCUT2D eigenvalue weighted by atomic mass is 9.78. The van der Waals surface area contributed by atoms with Gasteiger partial charge < -0.3 is 18.9 Å². The summed E-state index contributed by atoms with van der Waals surface area (Å²) in [5.74, 6) is -0.380. The number of hydrogen-bond acceptors (Lipinski definition) is 5. The van der Waals surface area contributed by atoms with Crippen LogP contribution in [0, 0.1) is 0 Å². The molecule has 0 saturated carbocycles. The lowest BCUT2D eigenvalue weighted by Gasteiger charge is -2.32. The molecule has 0 radical (unpaired) electrons. The van der Waals surface area contributed by atoms with Crippen molar-refractivity contribution in [2.45, 2.75) is 65.1 Å². The molecular weight excluding hydrogens is 453 g/mol. The van der Waals surface area contributed by atoms with Crippen molar-refractivity contribution in [2.75, 3.05) is 18.6 Å². The van der Waals surface area contributed by atoms with E-state index in [1.165, 1.54) is 7.11 Å². The molecule has 1 aliphatic rings. The first-order valence-electron chi connectivity index (χ1n) is 11.6. The molecule has 1 saturated heterocycles. The van der Waals surface area contributed by atoms with Crippen LogP contribution in [0.1, 0.15) is 63.4 Å². The highest BCUT2D eigenvalue weighted by Crippen LogP contribution is 2.37. The summed E-state index contributed by atoms with van der Waals surface area (Å²) in [6.07, 6.45) is 1.64. The number of anilines is 1. The largest absolute Gasteiger partial charge is 0.496 e. The van der Waals surface area contributed by atoms with Gasteiger partial charge in [-0.05, 0) is 77.3 Å². The molecule has 34 heavy (non-hydrogen) atoms. The van der Waals surface area contributed by atoms with Crippen molar-refractivity contribution in [3.05, 3.63) is 58.6 Å². The number of para-hydroxylation sites is 1. The van der Waals surface area contributed by atoms with E-state index in [0.29, 0.717) is 41.9 Å². The van der Waals surface area contributed by atoms with Gasteiger partial charge in [0.2, 0.25) is 0 Å². The summed E-state index contributed by atoms with van der Waals surface area (Å²) in [4.78, 5) is 26.9. The maximum Gasteiger partial charge on any atom is 0.496 e. The highest BCUT2D eigenvalue weighted by Gasteiger charge is 2.52. The van der Waals surface area contributed by atoms with Crippen molar-refractivity contribution in [2.24, 2.45) is 0 Å². The van der Waals surface area contributed by atoms with Crippen LogP contribution in [0.25, 0.3) is 0 Å². The molecule has 0 bridgehead atoms. The van der Waals surface area contributed by atoms with Crippen LogP contribution >= 0.6 is 11.6 Å². The number of halogens is 1. The fourth-order valence-corrected chi connectivity index (χ4v) is 4.12. The molecule has 0 aliphatic carbocycles. The summed E-state index contributed by atoms with van der Waals surface area (Å²) in [6, 6.07) is 13.0. The van der Waals surface area contributed by atoms with Gasteiger partial charge in [-0.2, -0.15) is 0 Å². The number of hydrogen-bond donors (Lipinski definition) is 0. The Morgan fingerprint density at radius 3 is 2.32 bits per heavy atom. The summed E-state index contributed by atoms with van der Waals surface area (Å²) in [5.41, 5.74) is 1.93. The van der Waals surface area contributed by atoms with E-state index in [-0.39, 0.29) is 11.9 Å². The van der Waals surface area contributed by atoms with E-state index >= 15 is 0 Å². The van der Waals surface area contributed by atoms with E-state index in [1.54, 1.807) is 23.1 Å². The number of carbonyl (C=O) groups is 2. The van der Waals surface area contributed by atoms with Gasteiger partial charge in [-0.1, -0.05) is 29.8 Å². The molecule has 182 valence electrons. The van der Waals surface area contributed by atoms with Crippen LogP contribution in [0.3, 0.4) is 0 Å². The minimum Gasteiger partial charge on any atom is -0.469 e. The molecule has 1 amide bonds. The van der Waals surface area contributed by atoms with Gasteiger partial charge in [-0.15, -0.1) is 0 Å². The number of carbonyl (C=O) groups excluding carboxylic acids is 2. The second-order valence-corrected chi connectivity index (χ2v) is 9.84. The molecular formula is C26H33BClNO5. The molecule has 2 aromatic rings. The Kier molecular flexibility index (Phi) is 8.12. The van der Waals surface area contributed by atoms with Gasteiger partial charge in [0.05, 0.1) is 18.3 Å². The Hall–Kier alpha value is -2.35. The number of nitrogens with zero attached hydrogens (tertiary/aromatic N) is 1. The maximum atomic E-state index is 13.6. The van der Waals surface area contributed by atoms with Crippen LogP contribution in [0.15, 0.2) is 42.5 Å². The minimum atomic E-state index is -0.661. The predicted molar refractivity (Wildman–Crippen MR) is 136 cm³/mol. The standard InChI is InChI=1S/C26H33BClNO5/c1-7-29(22-13-9-8-11-18(22)12-10-14-23(30)32-6)24(31)19-15-16-21(28)20(17-19)27-33-25(2,3)26(4,5)34-27/h8-9,11,13,15-17H,7,10,12,14H2,1-6H3. The quantitative estimate of drug-likeness (QED) is 0.397. The van der Waals surface area contributed by atoms with Crippen molar-refractivity contribution in [1.82, 2.24) is 0 Å². The van der Waals surface area contributed by atoms with Gasteiger partial charge in [0, 0.05) is 34.7 Å². The van der Waals surface area contributed by atoms with Gasteiger partial charge >= 0.3 is 13.1 Å². The average Bonchev–Trinajstić information content (AvgIpc) is 3.01. The summed E-state index contributed by atoms with van der Waals surface area (Å²) >= 11 is 6.49. The number of aryl methyl sites for hydroxylation is 1. The first-order chi connectivity index (χ1) is 16.0. The van der Waals surface area contributed by atoms with Crippen molar-refractivity contribution in [3.63, 3.8) is 0 Å². The Balaban J connectivity index is 1.87. The first kappa shape index (κ1) is 26.3. The number of methoxy groups -OCH3 is 1. The van der Waals surface area contributed by atoms with Gasteiger partial charge in [0.25, 0.3) is 5.91 Å². The first-order valence-corrected chi connectivity index (χ1v) is 12.0. The normalized spacial score (nSPS) is 16.4. The molecule has 0 spiro atoms. The van der Waals surface area contributed by atoms with Crippen molar-refractivity contribution < 1.29 is 23.6 Å². The number of amides is 1. The molecule has 0 unspecified atom stereocenters. The highest BCUT2D eigenvalue weighted by atomic mass is 35.5. The number of esters is 1. The lowest BCUT2D eigenvalue weighted by Crippen LogP contribution is -2.41. The molecule has 8 heteroatoms. The van der Waals surface area contributed by atoms with Crippen LogP contribution in [0.2, 0.25) is 5.02 Å². The molecule has 2 aromatic carbocycles. The molecule has 1 heterocycles. The Morgan fingerprint density at radius 1 is 1.06 bits per heavy atom. The third-order valence-corrected chi connectivity index (χ3v) is 6.99. The molecule has 0 N–H and O–H groups in total. The van der Waals surface area contributed by atoms with E-state index in [0.717, 1.165) is 11.3 Å². The number of benzene rings is 2. The van der Waals surface area contributed by atoms with E-state index in [1.807, 2.05) is 58.9 Å².